The lowest BCUT2D eigenvalue weighted by molar-refractivity contribution is -0.116. The summed E-state index contributed by atoms with van der Waals surface area (Å²) in [6, 6.07) is 3.46. The van der Waals surface area contributed by atoms with Crippen molar-refractivity contribution >= 4 is 11.6 Å². The molecule has 112 valence electrons. The summed E-state index contributed by atoms with van der Waals surface area (Å²) in [7, 11) is 6.45. The van der Waals surface area contributed by atoms with Crippen molar-refractivity contribution in [3.8, 4) is 17.2 Å². The number of anilines is 1. The average molecular weight is 282 g/mol. The lowest BCUT2D eigenvalue weighted by Gasteiger charge is -2.16. The first-order valence-corrected chi connectivity index (χ1v) is 6.41. The number of amides is 1. The van der Waals surface area contributed by atoms with Crippen LogP contribution in [0.4, 0.5) is 5.69 Å². The predicted octanol–water partition coefficient (Wildman–Crippen LogP) is 1.65. The van der Waals surface area contributed by atoms with Gasteiger partial charge < -0.3 is 24.8 Å². The predicted molar refractivity (Wildman–Crippen MR) is 77.9 cm³/mol. The lowest BCUT2D eigenvalue weighted by atomic mass is 10.2. The van der Waals surface area contributed by atoms with Crippen LogP contribution in [0.5, 0.6) is 17.2 Å². The fraction of sp³-hybridized carbons (Fsp3) is 0.500. The van der Waals surface area contributed by atoms with Gasteiger partial charge in [-0.15, -0.1) is 0 Å². The molecule has 0 bridgehead atoms. The molecule has 0 fully saturated rings. The van der Waals surface area contributed by atoms with E-state index in [9.17, 15) is 4.79 Å². The SMILES string of the molecule is CNCCCC(=O)Nc1ccc(OC)c(OC)c1OC. The van der Waals surface area contributed by atoms with Gasteiger partial charge in [0.15, 0.2) is 11.5 Å². The van der Waals surface area contributed by atoms with Crippen molar-refractivity contribution < 1.29 is 19.0 Å². The van der Waals surface area contributed by atoms with Crippen molar-refractivity contribution in [1.82, 2.24) is 5.32 Å². The van der Waals surface area contributed by atoms with Gasteiger partial charge in [-0.1, -0.05) is 0 Å². The molecule has 6 nitrogen and oxygen atoms in total. The molecule has 0 spiro atoms. The Morgan fingerprint density at radius 1 is 1.10 bits per heavy atom. The lowest BCUT2D eigenvalue weighted by Crippen LogP contribution is -2.15. The zero-order chi connectivity index (χ0) is 15.0. The van der Waals surface area contributed by atoms with E-state index in [0.29, 0.717) is 29.4 Å². The normalized spacial score (nSPS) is 10.0. The van der Waals surface area contributed by atoms with E-state index in [1.54, 1.807) is 19.2 Å². The van der Waals surface area contributed by atoms with Crippen LogP contribution in [0, 0.1) is 0 Å². The van der Waals surface area contributed by atoms with E-state index in [-0.39, 0.29) is 5.91 Å². The van der Waals surface area contributed by atoms with E-state index in [2.05, 4.69) is 10.6 Å². The van der Waals surface area contributed by atoms with Crippen LogP contribution < -0.4 is 24.8 Å². The van der Waals surface area contributed by atoms with Crippen LogP contribution >= 0.6 is 0 Å². The second kappa shape index (κ2) is 8.27. The maximum absolute atomic E-state index is 11.8. The Morgan fingerprint density at radius 3 is 2.35 bits per heavy atom. The fourth-order valence-corrected chi connectivity index (χ4v) is 1.84. The number of benzene rings is 1. The molecule has 0 aliphatic heterocycles. The zero-order valence-corrected chi connectivity index (χ0v) is 12.4. The molecule has 1 rings (SSSR count). The van der Waals surface area contributed by atoms with Crippen LogP contribution in [0.15, 0.2) is 12.1 Å². The Balaban J connectivity index is 2.87. The first-order chi connectivity index (χ1) is 9.67. The molecule has 0 saturated heterocycles. The quantitative estimate of drug-likeness (QED) is 0.710. The molecular weight excluding hydrogens is 260 g/mol. The third kappa shape index (κ3) is 4.03. The van der Waals surface area contributed by atoms with Gasteiger partial charge in [-0.05, 0) is 32.1 Å². The van der Waals surface area contributed by atoms with Crippen LogP contribution in [0.3, 0.4) is 0 Å². The summed E-state index contributed by atoms with van der Waals surface area (Å²) in [6.45, 7) is 0.802. The van der Waals surface area contributed by atoms with Gasteiger partial charge in [0.1, 0.15) is 0 Å². The number of carbonyl (C=O) groups is 1. The molecular formula is C14H22N2O4. The standard InChI is InChI=1S/C14H22N2O4/c1-15-9-5-6-12(17)16-10-7-8-11(18-2)14(20-4)13(10)19-3/h7-8,15H,5-6,9H2,1-4H3,(H,16,17). The minimum absolute atomic E-state index is 0.0641. The van der Waals surface area contributed by atoms with Crippen molar-refractivity contribution in [2.75, 3.05) is 40.2 Å². The van der Waals surface area contributed by atoms with Gasteiger partial charge >= 0.3 is 0 Å². The van der Waals surface area contributed by atoms with E-state index < -0.39 is 0 Å². The minimum atomic E-state index is -0.0641. The molecule has 0 atom stereocenters. The number of rotatable bonds is 8. The smallest absolute Gasteiger partial charge is 0.224 e. The first kappa shape index (κ1) is 16.1. The highest BCUT2D eigenvalue weighted by Gasteiger charge is 2.17. The number of ether oxygens (including phenoxy) is 3. The van der Waals surface area contributed by atoms with Gasteiger partial charge in [-0.3, -0.25) is 4.79 Å². The van der Waals surface area contributed by atoms with Crippen LogP contribution in [-0.4, -0.2) is 40.8 Å². The molecule has 0 saturated carbocycles. The maximum Gasteiger partial charge on any atom is 0.224 e. The number of hydrogen-bond acceptors (Lipinski definition) is 5. The van der Waals surface area contributed by atoms with Gasteiger partial charge in [0.2, 0.25) is 11.7 Å². The van der Waals surface area contributed by atoms with E-state index in [0.717, 1.165) is 13.0 Å². The molecule has 0 aliphatic rings. The van der Waals surface area contributed by atoms with Crippen LogP contribution in [0.1, 0.15) is 12.8 Å². The number of nitrogens with one attached hydrogen (secondary N) is 2. The molecule has 20 heavy (non-hydrogen) atoms. The highest BCUT2D eigenvalue weighted by molar-refractivity contribution is 5.93. The molecule has 0 aromatic heterocycles. The van der Waals surface area contributed by atoms with Gasteiger partial charge in [0.05, 0.1) is 27.0 Å². The molecule has 2 N–H and O–H groups in total. The summed E-state index contributed by atoms with van der Waals surface area (Å²) in [5, 5.41) is 5.82. The topological polar surface area (TPSA) is 68.8 Å². The monoisotopic (exact) mass is 282 g/mol. The molecule has 0 heterocycles. The molecule has 0 unspecified atom stereocenters. The summed E-state index contributed by atoms with van der Waals surface area (Å²) in [4.78, 5) is 11.8. The van der Waals surface area contributed by atoms with Crippen LogP contribution in [-0.2, 0) is 4.79 Å². The van der Waals surface area contributed by atoms with E-state index in [4.69, 9.17) is 14.2 Å². The van der Waals surface area contributed by atoms with Crippen molar-refractivity contribution in [3.05, 3.63) is 12.1 Å². The second-order valence-electron chi connectivity index (χ2n) is 4.14. The highest BCUT2D eigenvalue weighted by Crippen LogP contribution is 2.42. The molecule has 1 amide bonds. The summed E-state index contributed by atoms with van der Waals surface area (Å²) in [5.74, 6) is 1.40. The number of hydrogen-bond donors (Lipinski definition) is 2. The van der Waals surface area contributed by atoms with Crippen molar-refractivity contribution in [2.24, 2.45) is 0 Å². The molecule has 1 aromatic carbocycles. The Morgan fingerprint density at radius 2 is 1.80 bits per heavy atom. The zero-order valence-electron chi connectivity index (χ0n) is 12.4. The van der Waals surface area contributed by atoms with Gasteiger partial charge in [-0.2, -0.15) is 0 Å². The fourth-order valence-electron chi connectivity index (χ4n) is 1.84. The molecule has 0 aliphatic carbocycles. The molecule has 6 heteroatoms. The first-order valence-electron chi connectivity index (χ1n) is 6.41. The minimum Gasteiger partial charge on any atom is -0.493 e. The summed E-state index contributed by atoms with van der Waals surface area (Å²) in [5.41, 5.74) is 0.569. The van der Waals surface area contributed by atoms with Crippen molar-refractivity contribution in [3.63, 3.8) is 0 Å². The molecule has 0 radical (unpaired) electrons. The van der Waals surface area contributed by atoms with Crippen molar-refractivity contribution in [1.29, 1.82) is 0 Å². The third-order valence-electron chi connectivity index (χ3n) is 2.81. The van der Waals surface area contributed by atoms with E-state index in [1.165, 1.54) is 14.2 Å². The molecule has 1 aromatic rings. The Kier molecular flexibility index (Phi) is 6.66. The van der Waals surface area contributed by atoms with Gasteiger partial charge in [-0.25, -0.2) is 0 Å². The summed E-state index contributed by atoms with van der Waals surface area (Å²) < 4.78 is 15.8. The van der Waals surface area contributed by atoms with Crippen LogP contribution in [0.25, 0.3) is 0 Å². The Labute approximate surface area is 119 Å². The number of methoxy groups -OCH3 is 3. The highest BCUT2D eigenvalue weighted by atomic mass is 16.5. The Hall–Kier alpha value is -1.95. The number of carbonyl (C=O) groups excluding carboxylic acids is 1. The Bertz CT molecular complexity index is 449. The van der Waals surface area contributed by atoms with Crippen molar-refractivity contribution in [2.45, 2.75) is 12.8 Å². The summed E-state index contributed by atoms with van der Waals surface area (Å²) in [6.07, 6.45) is 1.22. The largest absolute Gasteiger partial charge is 0.493 e. The van der Waals surface area contributed by atoms with Gasteiger partial charge in [0, 0.05) is 6.42 Å². The van der Waals surface area contributed by atoms with E-state index in [1.807, 2.05) is 7.05 Å². The third-order valence-corrected chi connectivity index (χ3v) is 2.81. The van der Waals surface area contributed by atoms with E-state index >= 15 is 0 Å². The van der Waals surface area contributed by atoms with Gasteiger partial charge in [0.25, 0.3) is 0 Å². The van der Waals surface area contributed by atoms with Crippen LogP contribution in [0.2, 0.25) is 0 Å². The average Bonchev–Trinajstić information content (AvgIpc) is 2.46. The second-order valence-corrected chi connectivity index (χ2v) is 4.14. The summed E-state index contributed by atoms with van der Waals surface area (Å²) >= 11 is 0. The maximum atomic E-state index is 11.8.